The minimum Gasteiger partial charge on any atom is -0.356 e. The molecule has 6 heteroatoms. The Morgan fingerprint density at radius 2 is 1.93 bits per heavy atom. The van der Waals surface area contributed by atoms with Crippen molar-refractivity contribution in [2.45, 2.75) is 32.7 Å². The number of hydrogen-bond acceptors (Lipinski definition) is 3. The van der Waals surface area contributed by atoms with Crippen molar-refractivity contribution in [1.82, 2.24) is 15.5 Å². The summed E-state index contributed by atoms with van der Waals surface area (Å²) in [5.41, 5.74) is 1.27. The maximum Gasteiger partial charge on any atom is 0.243 e. The summed E-state index contributed by atoms with van der Waals surface area (Å²) in [5.74, 6) is 0.669. The van der Waals surface area contributed by atoms with Gasteiger partial charge in [0.1, 0.15) is 6.54 Å². The number of nitrogens with zero attached hydrogens (tertiary/aromatic N) is 2. The molecule has 1 amide bonds. The predicted molar refractivity (Wildman–Crippen MR) is 115 cm³/mol. The van der Waals surface area contributed by atoms with E-state index < -0.39 is 0 Å². The average molecular weight is 387 g/mol. The van der Waals surface area contributed by atoms with E-state index in [4.69, 9.17) is 0 Å². The van der Waals surface area contributed by atoms with E-state index in [1.54, 1.807) is 19.0 Å². The fourth-order valence-electron chi connectivity index (χ4n) is 2.59. The third-order valence-electron chi connectivity index (χ3n) is 4.11. The molecule has 1 aromatic heterocycles. The van der Waals surface area contributed by atoms with Crippen LogP contribution in [0.5, 0.6) is 0 Å². The van der Waals surface area contributed by atoms with Crippen molar-refractivity contribution < 1.29 is 4.79 Å². The lowest BCUT2D eigenvalue weighted by atomic mass is 10.1. The van der Waals surface area contributed by atoms with Crippen molar-refractivity contribution in [3.05, 3.63) is 57.8 Å². The third-order valence-corrected chi connectivity index (χ3v) is 5.13. The Labute approximate surface area is 166 Å². The summed E-state index contributed by atoms with van der Waals surface area (Å²) in [7, 11) is 3.49. The minimum absolute atomic E-state index is 0.0132. The first-order valence-electron chi connectivity index (χ1n) is 9.28. The molecule has 0 bridgehead atoms. The van der Waals surface area contributed by atoms with Gasteiger partial charge in [-0.15, -0.1) is 11.3 Å². The summed E-state index contributed by atoms with van der Waals surface area (Å²) in [5, 5.41) is 6.79. The zero-order chi connectivity index (χ0) is 19.6. The van der Waals surface area contributed by atoms with E-state index in [1.807, 2.05) is 29.5 Å². The fraction of sp³-hybridized carbons (Fsp3) is 0.429. The second-order valence-corrected chi connectivity index (χ2v) is 8.25. The van der Waals surface area contributed by atoms with Gasteiger partial charge in [-0.25, -0.2) is 4.99 Å². The van der Waals surface area contributed by atoms with E-state index in [0.29, 0.717) is 5.96 Å². The van der Waals surface area contributed by atoms with E-state index in [-0.39, 0.29) is 18.5 Å². The van der Waals surface area contributed by atoms with Gasteiger partial charge in [0.15, 0.2) is 5.96 Å². The second kappa shape index (κ2) is 10.7. The zero-order valence-corrected chi connectivity index (χ0v) is 17.5. The van der Waals surface area contributed by atoms with Crippen LogP contribution in [0.25, 0.3) is 0 Å². The Balaban J connectivity index is 1.93. The Bertz CT molecular complexity index is 740. The number of carbonyl (C=O) groups excluding carboxylic acids is 1. The molecule has 1 aromatic carbocycles. The van der Waals surface area contributed by atoms with Crippen LogP contribution in [-0.4, -0.2) is 50.0 Å². The summed E-state index contributed by atoms with van der Waals surface area (Å²) >= 11 is 1.82. The summed E-state index contributed by atoms with van der Waals surface area (Å²) in [6.45, 7) is 5.16. The molecule has 0 aliphatic rings. The summed E-state index contributed by atoms with van der Waals surface area (Å²) < 4.78 is 0. The number of nitrogens with one attached hydrogen (secondary N) is 2. The van der Waals surface area contributed by atoms with Crippen LogP contribution in [0.15, 0.2) is 47.5 Å². The number of thiophene rings is 1. The normalized spacial score (nSPS) is 12.5. The van der Waals surface area contributed by atoms with Gasteiger partial charge in [0.05, 0.1) is 0 Å². The molecule has 1 heterocycles. The highest BCUT2D eigenvalue weighted by molar-refractivity contribution is 7.11. The first-order valence-corrected chi connectivity index (χ1v) is 10.1. The van der Waals surface area contributed by atoms with Crippen LogP contribution in [0.2, 0.25) is 0 Å². The second-order valence-electron chi connectivity index (χ2n) is 6.88. The molecule has 2 aromatic rings. The van der Waals surface area contributed by atoms with Gasteiger partial charge >= 0.3 is 0 Å². The first kappa shape index (κ1) is 21.0. The Morgan fingerprint density at radius 3 is 2.56 bits per heavy atom. The molecule has 0 saturated heterocycles. The number of aryl methyl sites for hydroxylation is 1. The SMILES string of the molecule is Cc1ccc(CC(C)NC(=NCC(=O)N(C)C)NCCc2ccccc2)s1. The number of guanidine groups is 1. The van der Waals surface area contributed by atoms with Gasteiger partial charge in [-0.1, -0.05) is 30.3 Å². The predicted octanol–water partition coefficient (Wildman–Crippen LogP) is 2.85. The Hall–Kier alpha value is -2.34. The van der Waals surface area contributed by atoms with E-state index in [2.05, 4.69) is 53.7 Å². The number of carbonyl (C=O) groups is 1. The lowest BCUT2D eigenvalue weighted by molar-refractivity contribution is -0.127. The highest BCUT2D eigenvalue weighted by Gasteiger charge is 2.10. The molecule has 2 N–H and O–H groups in total. The molecule has 0 radical (unpaired) electrons. The van der Waals surface area contributed by atoms with Crippen LogP contribution >= 0.6 is 11.3 Å². The molecule has 1 unspecified atom stereocenters. The number of rotatable bonds is 8. The van der Waals surface area contributed by atoms with Crippen LogP contribution in [0, 0.1) is 6.92 Å². The van der Waals surface area contributed by atoms with Gasteiger partial charge in [0.25, 0.3) is 0 Å². The average Bonchev–Trinajstić information content (AvgIpc) is 3.04. The molecule has 0 fully saturated rings. The van der Waals surface area contributed by atoms with Crippen LogP contribution in [0.1, 0.15) is 22.2 Å². The van der Waals surface area contributed by atoms with E-state index in [9.17, 15) is 4.79 Å². The van der Waals surface area contributed by atoms with E-state index >= 15 is 0 Å². The van der Waals surface area contributed by atoms with Crippen molar-refractivity contribution in [1.29, 1.82) is 0 Å². The highest BCUT2D eigenvalue weighted by Crippen LogP contribution is 2.16. The van der Waals surface area contributed by atoms with Crippen LogP contribution < -0.4 is 10.6 Å². The first-order chi connectivity index (χ1) is 12.9. The van der Waals surface area contributed by atoms with Gasteiger partial charge in [-0.05, 0) is 38.0 Å². The van der Waals surface area contributed by atoms with Gasteiger partial charge in [0, 0.05) is 42.9 Å². The molecule has 5 nitrogen and oxygen atoms in total. The van der Waals surface area contributed by atoms with Crippen LogP contribution in [0.3, 0.4) is 0 Å². The van der Waals surface area contributed by atoms with E-state index in [1.165, 1.54) is 15.3 Å². The minimum atomic E-state index is -0.0132. The van der Waals surface area contributed by atoms with Crippen molar-refractivity contribution in [2.24, 2.45) is 4.99 Å². The summed E-state index contributed by atoms with van der Waals surface area (Å²) in [6.07, 6.45) is 1.83. The molecule has 2 rings (SSSR count). The van der Waals surface area contributed by atoms with Crippen LogP contribution in [0.4, 0.5) is 0 Å². The van der Waals surface area contributed by atoms with Gasteiger partial charge in [-0.2, -0.15) is 0 Å². The number of benzene rings is 1. The van der Waals surface area contributed by atoms with E-state index in [0.717, 1.165) is 19.4 Å². The molecule has 0 spiro atoms. The molecule has 0 saturated carbocycles. The Kier molecular flexibility index (Phi) is 8.33. The Morgan fingerprint density at radius 1 is 1.19 bits per heavy atom. The van der Waals surface area contributed by atoms with Gasteiger partial charge in [-0.3, -0.25) is 4.79 Å². The van der Waals surface area contributed by atoms with Crippen molar-refractivity contribution >= 4 is 23.2 Å². The number of amides is 1. The maximum absolute atomic E-state index is 11.9. The smallest absolute Gasteiger partial charge is 0.243 e. The van der Waals surface area contributed by atoms with Crippen molar-refractivity contribution in [3.8, 4) is 0 Å². The largest absolute Gasteiger partial charge is 0.356 e. The fourth-order valence-corrected chi connectivity index (χ4v) is 3.61. The third kappa shape index (κ3) is 7.83. The lowest BCUT2D eigenvalue weighted by Crippen LogP contribution is -2.44. The number of aliphatic imine (C=N–C) groups is 1. The number of hydrogen-bond donors (Lipinski definition) is 2. The molecule has 27 heavy (non-hydrogen) atoms. The molecule has 0 aliphatic heterocycles. The van der Waals surface area contributed by atoms with Crippen molar-refractivity contribution in [2.75, 3.05) is 27.2 Å². The molecule has 0 aliphatic carbocycles. The standard InChI is InChI=1S/C21H30N4OS/c1-16(14-19-11-10-17(2)27-19)24-21(23-15-20(26)25(3)4)22-13-12-18-8-6-5-7-9-18/h5-11,16H,12-15H2,1-4H3,(H2,22,23,24). The molecule has 1 atom stereocenters. The monoisotopic (exact) mass is 386 g/mol. The maximum atomic E-state index is 11.9. The zero-order valence-electron chi connectivity index (χ0n) is 16.7. The quantitative estimate of drug-likeness (QED) is 0.542. The van der Waals surface area contributed by atoms with Crippen LogP contribution in [-0.2, 0) is 17.6 Å². The van der Waals surface area contributed by atoms with Gasteiger partial charge in [0.2, 0.25) is 5.91 Å². The van der Waals surface area contributed by atoms with Gasteiger partial charge < -0.3 is 15.5 Å². The molecule has 146 valence electrons. The number of likely N-dealkylation sites (N-methyl/N-ethyl adjacent to an activating group) is 1. The van der Waals surface area contributed by atoms with Crippen molar-refractivity contribution in [3.63, 3.8) is 0 Å². The molecular formula is C21H30N4OS. The molecular weight excluding hydrogens is 356 g/mol. The lowest BCUT2D eigenvalue weighted by Gasteiger charge is -2.18. The highest BCUT2D eigenvalue weighted by atomic mass is 32.1. The summed E-state index contributed by atoms with van der Waals surface area (Å²) in [6, 6.07) is 14.9. The topological polar surface area (TPSA) is 56.7 Å². The summed E-state index contributed by atoms with van der Waals surface area (Å²) in [4.78, 5) is 20.6.